The normalized spacial score (nSPS) is 10.7. The Balaban J connectivity index is 1.56. The van der Waals surface area contributed by atoms with E-state index in [4.69, 9.17) is 4.42 Å². The van der Waals surface area contributed by atoms with Gasteiger partial charge in [-0.25, -0.2) is 0 Å². The Morgan fingerprint density at radius 1 is 1.08 bits per heavy atom. The molecule has 3 N–H and O–H groups in total. The van der Waals surface area contributed by atoms with Gasteiger partial charge in [-0.2, -0.15) is 5.10 Å². The molecular weight excluding hydrogens is 308 g/mol. The van der Waals surface area contributed by atoms with Gasteiger partial charge >= 0.3 is 0 Å². The predicted molar refractivity (Wildman–Crippen MR) is 87.4 cm³/mol. The number of H-pyrrole nitrogens is 1. The van der Waals surface area contributed by atoms with E-state index >= 15 is 0 Å². The minimum Gasteiger partial charge on any atom is -0.465 e. The fourth-order valence-corrected chi connectivity index (χ4v) is 1.97. The molecule has 3 rings (SSSR count). The number of hydrogen-bond acceptors (Lipinski definition) is 4. The van der Waals surface area contributed by atoms with E-state index in [-0.39, 0.29) is 5.69 Å². The second-order valence-corrected chi connectivity index (χ2v) is 4.83. The van der Waals surface area contributed by atoms with Gasteiger partial charge in [0.05, 0.1) is 12.0 Å². The molecule has 0 unspecified atom stereocenters. The summed E-state index contributed by atoms with van der Waals surface area (Å²) in [5, 5.41) is 6.72. The minimum absolute atomic E-state index is 0.240. The van der Waals surface area contributed by atoms with E-state index in [0.29, 0.717) is 11.5 Å². The van der Waals surface area contributed by atoms with Gasteiger partial charge in [0.2, 0.25) is 0 Å². The van der Waals surface area contributed by atoms with E-state index in [1.807, 2.05) is 30.3 Å². The van der Waals surface area contributed by atoms with Gasteiger partial charge in [-0.3, -0.25) is 25.5 Å². The van der Waals surface area contributed by atoms with Crippen LogP contribution in [0.4, 0.5) is 0 Å². The summed E-state index contributed by atoms with van der Waals surface area (Å²) >= 11 is 0. The molecule has 0 radical (unpaired) electrons. The first-order chi connectivity index (χ1) is 11.7. The maximum atomic E-state index is 12.0. The van der Waals surface area contributed by atoms with Crippen LogP contribution in [0.3, 0.4) is 0 Å². The Kier molecular flexibility index (Phi) is 4.52. The number of nitrogens with one attached hydrogen (secondary N) is 3. The molecule has 7 heteroatoms. The van der Waals surface area contributed by atoms with Gasteiger partial charge in [-0.05, 0) is 24.3 Å². The van der Waals surface area contributed by atoms with Gasteiger partial charge in [0.25, 0.3) is 11.8 Å². The third-order valence-electron chi connectivity index (χ3n) is 3.13. The van der Waals surface area contributed by atoms with E-state index in [2.05, 4.69) is 21.0 Å². The zero-order valence-corrected chi connectivity index (χ0v) is 12.5. The molecule has 0 aliphatic heterocycles. The van der Waals surface area contributed by atoms with Crippen LogP contribution in [-0.4, -0.2) is 22.0 Å². The molecule has 7 nitrogen and oxygen atoms in total. The van der Waals surface area contributed by atoms with E-state index in [1.54, 1.807) is 18.2 Å². The highest BCUT2D eigenvalue weighted by molar-refractivity contribution is 5.97. The summed E-state index contributed by atoms with van der Waals surface area (Å²) in [7, 11) is 0. The van der Waals surface area contributed by atoms with Crippen LogP contribution in [0, 0.1) is 0 Å². The van der Waals surface area contributed by atoms with E-state index in [1.165, 1.54) is 18.4 Å². The molecule has 2 heterocycles. The predicted octanol–water partition coefficient (Wildman–Crippen LogP) is 2.14. The molecule has 120 valence electrons. The van der Waals surface area contributed by atoms with Crippen molar-refractivity contribution in [2.75, 3.05) is 0 Å². The lowest BCUT2D eigenvalue weighted by molar-refractivity contribution is -0.117. The lowest BCUT2D eigenvalue weighted by Crippen LogP contribution is -2.40. The molecule has 0 fully saturated rings. The van der Waals surface area contributed by atoms with E-state index in [9.17, 15) is 9.59 Å². The SMILES string of the molecule is O=C(/C=C/c1ccco1)NNC(=O)c1cc(-c2ccccc2)n[nH]1. The monoisotopic (exact) mass is 322 g/mol. The number of carbonyl (C=O) groups excluding carboxylic acids is 2. The number of rotatable bonds is 4. The van der Waals surface area contributed by atoms with Crippen molar-refractivity contribution in [1.82, 2.24) is 21.0 Å². The van der Waals surface area contributed by atoms with Gasteiger partial charge in [0, 0.05) is 11.6 Å². The lowest BCUT2D eigenvalue weighted by atomic mass is 10.1. The molecule has 0 spiro atoms. The van der Waals surface area contributed by atoms with Gasteiger partial charge in [0.1, 0.15) is 11.5 Å². The number of nitrogens with zero attached hydrogens (tertiary/aromatic N) is 1. The van der Waals surface area contributed by atoms with Crippen molar-refractivity contribution in [2.45, 2.75) is 0 Å². The smallest absolute Gasteiger partial charge is 0.287 e. The van der Waals surface area contributed by atoms with Crippen LogP contribution in [0.2, 0.25) is 0 Å². The van der Waals surface area contributed by atoms with Crippen molar-refractivity contribution < 1.29 is 14.0 Å². The first-order valence-electron chi connectivity index (χ1n) is 7.15. The first-order valence-corrected chi connectivity index (χ1v) is 7.15. The molecule has 2 amide bonds. The van der Waals surface area contributed by atoms with Gasteiger partial charge < -0.3 is 4.42 Å². The van der Waals surface area contributed by atoms with Crippen LogP contribution in [0.1, 0.15) is 16.2 Å². The number of carbonyl (C=O) groups is 2. The standard InChI is InChI=1S/C17H14N4O3/c22-16(9-8-13-7-4-10-24-13)20-21-17(23)15-11-14(18-19-15)12-5-2-1-3-6-12/h1-11H,(H,18,19)(H,20,22)(H,21,23)/b9-8+. The molecule has 24 heavy (non-hydrogen) atoms. The van der Waals surface area contributed by atoms with Crippen molar-refractivity contribution >= 4 is 17.9 Å². The Morgan fingerprint density at radius 2 is 1.92 bits per heavy atom. The molecule has 0 saturated heterocycles. The number of aromatic nitrogens is 2. The van der Waals surface area contributed by atoms with Crippen molar-refractivity contribution in [2.24, 2.45) is 0 Å². The molecule has 0 aliphatic rings. The fourth-order valence-electron chi connectivity index (χ4n) is 1.97. The summed E-state index contributed by atoms with van der Waals surface area (Å²) < 4.78 is 5.06. The summed E-state index contributed by atoms with van der Waals surface area (Å²) in [4.78, 5) is 23.6. The molecule has 2 aromatic heterocycles. The summed E-state index contributed by atoms with van der Waals surface area (Å²) in [5.74, 6) is -0.440. The highest BCUT2D eigenvalue weighted by Crippen LogP contribution is 2.16. The van der Waals surface area contributed by atoms with Crippen molar-refractivity contribution in [3.8, 4) is 11.3 Å². The number of amides is 2. The third kappa shape index (κ3) is 3.77. The first kappa shape index (κ1) is 15.3. The van der Waals surface area contributed by atoms with Crippen LogP contribution in [0.5, 0.6) is 0 Å². The second kappa shape index (κ2) is 7.10. The van der Waals surface area contributed by atoms with Crippen LogP contribution in [0.25, 0.3) is 17.3 Å². The Hall–Kier alpha value is -3.61. The molecule has 0 bridgehead atoms. The average Bonchev–Trinajstić information content (AvgIpc) is 3.30. The summed E-state index contributed by atoms with van der Waals surface area (Å²) in [5.41, 5.74) is 6.35. The maximum Gasteiger partial charge on any atom is 0.287 e. The zero-order valence-electron chi connectivity index (χ0n) is 12.5. The topological polar surface area (TPSA) is 100 Å². The van der Waals surface area contributed by atoms with Gasteiger partial charge in [-0.15, -0.1) is 0 Å². The van der Waals surface area contributed by atoms with Crippen LogP contribution >= 0.6 is 0 Å². The third-order valence-corrected chi connectivity index (χ3v) is 3.13. The fraction of sp³-hybridized carbons (Fsp3) is 0. The highest BCUT2D eigenvalue weighted by atomic mass is 16.3. The average molecular weight is 322 g/mol. The van der Waals surface area contributed by atoms with Crippen molar-refractivity contribution in [1.29, 1.82) is 0 Å². The number of hydrogen-bond donors (Lipinski definition) is 3. The number of aromatic amines is 1. The lowest BCUT2D eigenvalue weighted by Gasteiger charge is -2.02. The largest absolute Gasteiger partial charge is 0.465 e. The van der Waals surface area contributed by atoms with Crippen LogP contribution in [0.15, 0.2) is 65.3 Å². The number of benzene rings is 1. The van der Waals surface area contributed by atoms with Gasteiger partial charge in [-0.1, -0.05) is 30.3 Å². The summed E-state index contributed by atoms with van der Waals surface area (Å²) in [6, 6.07) is 14.5. The Bertz CT molecular complexity index is 851. The second-order valence-electron chi connectivity index (χ2n) is 4.83. The maximum absolute atomic E-state index is 12.0. The molecule has 0 atom stereocenters. The highest BCUT2D eigenvalue weighted by Gasteiger charge is 2.11. The molecule has 1 aromatic carbocycles. The van der Waals surface area contributed by atoms with Crippen molar-refractivity contribution in [3.63, 3.8) is 0 Å². The van der Waals surface area contributed by atoms with Crippen molar-refractivity contribution in [3.05, 3.63) is 72.3 Å². The Morgan fingerprint density at radius 3 is 2.67 bits per heavy atom. The number of furan rings is 1. The van der Waals surface area contributed by atoms with Gasteiger partial charge in [0.15, 0.2) is 0 Å². The summed E-state index contributed by atoms with van der Waals surface area (Å²) in [6.07, 6.45) is 4.24. The number of hydrazine groups is 1. The Labute approximate surface area is 137 Å². The zero-order chi connectivity index (χ0) is 16.8. The molecule has 3 aromatic rings. The molecule has 0 aliphatic carbocycles. The van der Waals surface area contributed by atoms with Crippen LogP contribution < -0.4 is 10.9 Å². The summed E-state index contributed by atoms with van der Waals surface area (Å²) in [6.45, 7) is 0. The van der Waals surface area contributed by atoms with E-state index in [0.717, 1.165) is 5.56 Å². The molecular formula is C17H14N4O3. The minimum atomic E-state index is -0.496. The van der Waals surface area contributed by atoms with E-state index < -0.39 is 11.8 Å². The quantitative estimate of drug-likeness (QED) is 0.506. The molecule has 0 saturated carbocycles. The van der Waals surface area contributed by atoms with Crippen LogP contribution in [-0.2, 0) is 4.79 Å².